The Balaban J connectivity index is 1.60. The fraction of sp³-hybridized carbons (Fsp3) is 0.118. The molecule has 0 radical (unpaired) electrons. The van der Waals surface area contributed by atoms with Gasteiger partial charge < -0.3 is 9.26 Å². The Hall–Kier alpha value is -2.95. The lowest BCUT2D eigenvalue weighted by Gasteiger charge is -2.01. The molecule has 0 aliphatic rings. The van der Waals surface area contributed by atoms with Crippen LogP contribution in [0.1, 0.15) is 22.1 Å². The Labute approximate surface area is 127 Å². The minimum atomic E-state index is -0.180. The number of para-hydroxylation sites is 1. The van der Waals surface area contributed by atoms with Gasteiger partial charge in [0, 0.05) is 6.42 Å². The van der Waals surface area contributed by atoms with E-state index in [2.05, 4.69) is 10.1 Å². The maximum Gasteiger partial charge on any atom is 0.264 e. The van der Waals surface area contributed by atoms with Gasteiger partial charge in [-0.1, -0.05) is 53.7 Å². The van der Waals surface area contributed by atoms with Crippen LogP contribution in [0.4, 0.5) is 0 Å². The van der Waals surface area contributed by atoms with Crippen molar-refractivity contribution in [2.24, 2.45) is 0 Å². The number of ketones is 1. The molecule has 0 bridgehead atoms. The number of ether oxygens (including phenoxy) is 1. The number of rotatable bonds is 6. The quantitative estimate of drug-likeness (QED) is 0.654. The first-order valence-electron chi connectivity index (χ1n) is 6.89. The van der Waals surface area contributed by atoms with Crippen LogP contribution >= 0.6 is 0 Å². The zero-order chi connectivity index (χ0) is 15.2. The summed E-state index contributed by atoms with van der Waals surface area (Å²) in [6.07, 6.45) is 0.249. The van der Waals surface area contributed by atoms with E-state index in [1.54, 1.807) is 0 Å². The minimum Gasteiger partial charge on any atom is -0.484 e. The molecule has 0 atom stereocenters. The SMILES string of the molecule is O=C(Cc1ccccc1)c1noc(COc2ccccc2)n1. The van der Waals surface area contributed by atoms with Crippen molar-refractivity contribution in [2.45, 2.75) is 13.0 Å². The normalized spacial score (nSPS) is 10.4. The summed E-state index contributed by atoms with van der Waals surface area (Å²) in [5.74, 6) is 0.884. The summed E-state index contributed by atoms with van der Waals surface area (Å²) in [6.45, 7) is 0.135. The molecule has 0 N–H and O–H groups in total. The predicted molar refractivity (Wildman–Crippen MR) is 79.5 cm³/mol. The van der Waals surface area contributed by atoms with Crippen molar-refractivity contribution in [2.75, 3.05) is 0 Å². The molecule has 0 amide bonds. The molecule has 3 rings (SSSR count). The van der Waals surface area contributed by atoms with Crippen LogP contribution in [0.2, 0.25) is 0 Å². The fourth-order valence-electron chi connectivity index (χ4n) is 1.95. The van der Waals surface area contributed by atoms with Crippen LogP contribution in [0.25, 0.3) is 0 Å². The van der Waals surface area contributed by atoms with Crippen LogP contribution in [0, 0.1) is 0 Å². The van der Waals surface area contributed by atoms with Crippen molar-refractivity contribution in [3.8, 4) is 5.75 Å². The van der Waals surface area contributed by atoms with Crippen LogP contribution in [0.15, 0.2) is 65.2 Å². The number of nitrogens with zero attached hydrogens (tertiary/aromatic N) is 2. The number of carbonyl (C=O) groups is 1. The molecule has 1 aromatic heterocycles. The molecule has 0 unspecified atom stereocenters. The third-order valence-electron chi connectivity index (χ3n) is 3.03. The highest BCUT2D eigenvalue weighted by atomic mass is 16.5. The Morgan fingerprint density at radius 3 is 2.41 bits per heavy atom. The molecular weight excluding hydrogens is 280 g/mol. The second-order valence-corrected chi connectivity index (χ2v) is 4.70. The minimum absolute atomic E-state index is 0.0792. The summed E-state index contributed by atoms with van der Waals surface area (Å²) < 4.78 is 10.5. The number of carbonyl (C=O) groups excluding carboxylic acids is 1. The van der Waals surface area contributed by atoms with Crippen LogP contribution in [0.3, 0.4) is 0 Å². The molecule has 5 heteroatoms. The first-order chi connectivity index (χ1) is 10.8. The zero-order valence-electron chi connectivity index (χ0n) is 11.8. The van der Waals surface area contributed by atoms with Gasteiger partial charge in [0.05, 0.1) is 0 Å². The molecule has 0 fully saturated rings. The lowest BCUT2D eigenvalue weighted by molar-refractivity contribution is 0.0980. The average Bonchev–Trinajstić information content (AvgIpc) is 3.04. The Bertz CT molecular complexity index is 739. The van der Waals surface area contributed by atoms with E-state index >= 15 is 0 Å². The molecule has 0 saturated carbocycles. The van der Waals surface area contributed by atoms with E-state index in [9.17, 15) is 4.79 Å². The summed E-state index contributed by atoms with van der Waals surface area (Å²) in [4.78, 5) is 16.1. The molecule has 3 aromatic rings. The van der Waals surface area contributed by atoms with Crippen molar-refractivity contribution >= 4 is 5.78 Å². The average molecular weight is 294 g/mol. The third kappa shape index (κ3) is 3.58. The highest BCUT2D eigenvalue weighted by Gasteiger charge is 2.15. The molecule has 5 nitrogen and oxygen atoms in total. The van der Waals surface area contributed by atoms with Crippen LogP contribution in [-0.4, -0.2) is 15.9 Å². The Morgan fingerprint density at radius 2 is 1.68 bits per heavy atom. The lowest BCUT2D eigenvalue weighted by atomic mass is 10.1. The van der Waals surface area contributed by atoms with Gasteiger partial charge in [-0.25, -0.2) is 0 Å². The Kier molecular flexibility index (Phi) is 4.25. The molecule has 0 aliphatic carbocycles. The van der Waals surface area contributed by atoms with Gasteiger partial charge in [-0.05, 0) is 17.7 Å². The Morgan fingerprint density at radius 1 is 1.00 bits per heavy atom. The molecular formula is C17H14N2O3. The molecule has 0 aliphatic heterocycles. The maximum absolute atomic E-state index is 12.1. The van der Waals surface area contributed by atoms with Gasteiger partial charge in [-0.15, -0.1) is 0 Å². The van der Waals surface area contributed by atoms with E-state index < -0.39 is 0 Å². The summed E-state index contributed by atoms with van der Waals surface area (Å²) >= 11 is 0. The van der Waals surface area contributed by atoms with Crippen molar-refractivity contribution in [1.82, 2.24) is 10.1 Å². The van der Waals surface area contributed by atoms with E-state index in [-0.39, 0.29) is 30.5 Å². The summed E-state index contributed by atoms with van der Waals surface area (Å²) in [7, 11) is 0. The van der Waals surface area contributed by atoms with Crippen molar-refractivity contribution in [1.29, 1.82) is 0 Å². The highest BCUT2D eigenvalue weighted by Crippen LogP contribution is 2.11. The molecule has 2 aromatic carbocycles. The standard InChI is InChI=1S/C17H14N2O3/c20-15(11-13-7-3-1-4-8-13)17-18-16(22-19-17)12-21-14-9-5-2-6-10-14/h1-10H,11-12H2. The van der Waals surface area contributed by atoms with Crippen molar-refractivity contribution in [3.63, 3.8) is 0 Å². The van der Waals surface area contributed by atoms with E-state index in [0.717, 1.165) is 5.56 Å². The van der Waals surface area contributed by atoms with Crippen LogP contribution in [-0.2, 0) is 13.0 Å². The van der Waals surface area contributed by atoms with Gasteiger partial charge in [0.15, 0.2) is 6.61 Å². The summed E-state index contributed by atoms with van der Waals surface area (Å²) in [6, 6.07) is 18.8. The maximum atomic E-state index is 12.1. The zero-order valence-corrected chi connectivity index (χ0v) is 11.8. The van der Waals surface area contributed by atoms with E-state index in [1.807, 2.05) is 60.7 Å². The molecule has 22 heavy (non-hydrogen) atoms. The second-order valence-electron chi connectivity index (χ2n) is 4.70. The number of aromatic nitrogens is 2. The van der Waals surface area contributed by atoms with Crippen molar-refractivity contribution in [3.05, 3.63) is 77.9 Å². The third-order valence-corrected chi connectivity index (χ3v) is 3.03. The lowest BCUT2D eigenvalue weighted by Crippen LogP contribution is -2.06. The first kappa shape index (κ1) is 14.0. The molecule has 0 saturated heterocycles. The van der Waals surface area contributed by atoms with Crippen LogP contribution < -0.4 is 4.74 Å². The van der Waals surface area contributed by atoms with Gasteiger partial charge >= 0.3 is 0 Å². The number of hydrogen-bond donors (Lipinski definition) is 0. The first-order valence-corrected chi connectivity index (χ1v) is 6.89. The fourth-order valence-corrected chi connectivity index (χ4v) is 1.95. The van der Waals surface area contributed by atoms with Gasteiger partial charge in [0.25, 0.3) is 5.89 Å². The smallest absolute Gasteiger partial charge is 0.264 e. The number of benzene rings is 2. The number of Topliss-reactive ketones (excluding diaryl/α,β-unsaturated/α-hetero) is 1. The monoisotopic (exact) mass is 294 g/mol. The van der Waals surface area contributed by atoms with E-state index in [0.29, 0.717) is 5.75 Å². The number of hydrogen-bond acceptors (Lipinski definition) is 5. The largest absolute Gasteiger partial charge is 0.484 e. The molecule has 1 heterocycles. The molecule has 110 valence electrons. The highest BCUT2D eigenvalue weighted by molar-refractivity contribution is 5.93. The predicted octanol–water partition coefficient (Wildman–Crippen LogP) is 3.07. The van der Waals surface area contributed by atoms with Gasteiger partial charge in [0.1, 0.15) is 5.75 Å². The summed E-state index contributed by atoms with van der Waals surface area (Å²) in [5.41, 5.74) is 0.916. The van der Waals surface area contributed by atoms with Crippen molar-refractivity contribution < 1.29 is 14.1 Å². The topological polar surface area (TPSA) is 65.2 Å². The summed E-state index contributed by atoms with van der Waals surface area (Å²) in [5, 5.41) is 3.71. The van der Waals surface area contributed by atoms with E-state index in [4.69, 9.17) is 9.26 Å². The second kappa shape index (κ2) is 6.67. The van der Waals surface area contributed by atoms with Gasteiger partial charge in [0.2, 0.25) is 11.6 Å². The van der Waals surface area contributed by atoms with Gasteiger partial charge in [-0.3, -0.25) is 4.79 Å². The van der Waals surface area contributed by atoms with E-state index in [1.165, 1.54) is 0 Å². The molecule has 0 spiro atoms. The van der Waals surface area contributed by atoms with Crippen LogP contribution in [0.5, 0.6) is 5.75 Å². The van der Waals surface area contributed by atoms with Gasteiger partial charge in [-0.2, -0.15) is 4.98 Å².